The average Bonchev–Trinajstić information content (AvgIpc) is 2.55. The molecule has 108 valence electrons. The third-order valence-electron chi connectivity index (χ3n) is 3.48. The van der Waals surface area contributed by atoms with E-state index in [2.05, 4.69) is 5.32 Å². The van der Waals surface area contributed by atoms with Gasteiger partial charge in [0.05, 0.1) is 6.04 Å². The van der Waals surface area contributed by atoms with Crippen LogP contribution in [-0.4, -0.2) is 24.7 Å². The van der Waals surface area contributed by atoms with Crippen molar-refractivity contribution in [2.45, 2.75) is 19.1 Å². The Hall–Kier alpha value is -2.49. The molecule has 0 aromatic heterocycles. The second-order valence-electron chi connectivity index (χ2n) is 5.04. The average molecular weight is 283 g/mol. The molecule has 1 N–H and O–H groups in total. The number of rotatable bonds is 3. The maximum Gasteiger partial charge on any atom is 0.251 e. The Bertz CT molecular complexity index is 627. The fourth-order valence-corrected chi connectivity index (χ4v) is 2.25. The van der Waals surface area contributed by atoms with E-state index < -0.39 is 0 Å². The molecule has 4 heteroatoms. The first kappa shape index (κ1) is 13.5. The first-order chi connectivity index (χ1) is 10.2. The van der Waals surface area contributed by atoms with E-state index in [1.807, 2.05) is 49.4 Å². The molecule has 0 fully saturated rings. The molecular weight excluding hydrogens is 266 g/mol. The van der Waals surface area contributed by atoms with E-state index in [1.54, 1.807) is 12.1 Å². The number of carbonyl (C=O) groups is 1. The second kappa shape index (κ2) is 5.87. The van der Waals surface area contributed by atoms with Crippen LogP contribution in [0.4, 0.5) is 0 Å². The molecular formula is C17H17NO3. The highest BCUT2D eigenvalue weighted by Crippen LogP contribution is 2.31. The van der Waals surface area contributed by atoms with Gasteiger partial charge >= 0.3 is 0 Å². The summed E-state index contributed by atoms with van der Waals surface area (Å²) in [4.78, 5) is 12.1. The normalized spacial score (nSPS) is 17.9. The van der Waals surface area contributed by atoms with Gasteiger partial charge in [0.2, 0.25) is 0 Å². The number of fused-ring (bicyclic) bond motifs is 1. The summed E-state index contributed by atoms with van der Waals surface area (Å²) in [7, 11) is 0. The van der Waals surface area contributed by atoms with Crippen molar-refractivity contribution in [1.82, 2.24) is 5.32 Å². The second-order valence-corrected chi connectivity index (χ2v) is 5.04. The van der Waals surface area contributed by atoms with Gasteiger partial charge in [-0.1, -0.05) is 30.3 Å². The Balaban J connectivity index is 1.64. The van der Waals surface area contributed by atoms with Crippen molar-refractivity contribution in [3.05, 3.63) is 60.2 Å². The Morgan fingerprint density at radius 2 is 1.76 bits per heavy atom. The molecule has 1 amide bonds. The molecule has 1 aliphatic rings. The number of nitrogens with one attached hydrogen (secondary N) is 1. The van der Waals surface area contributed by atoms with Crippen molar-refractivity contribution >= 4 is 5.91 Å². The lowest BCUT2D eigenvalue weighted by Crippen LogP contribution is -2.48. The van der Waals surface area contributed by atoms with Gasteiger partial charge < -0.3 is 14.8 Å². The van der Waals surface area contributed by atoms with Crippen LogP contribution in [0.25, 0.3) is 0 Å². The van der Waals surface area contributed by atoms with Crippen molar-refractivity contribution < 1.29 is 14.3 Å². The molecule has 0 bridgehead atoms. The Morgan fingerprint density at radius 1 is 1.10 bits per heavy atom. The Morgan fingerprint density at radius 3 is 2.52 bits per heavy atom. The van der Waals surface area contributed by atoms with E-state index in [0.29, 0.717) is 12.2 Å². The van der Waals surface area contributed by atoms with Crippen LogP contribution in [0.1, 0.15) is 17.3 Å². The molecule has 0 spiro atoms. The predicted octanol–water partition coefficient (Wildman–Crippen LogP) is 2.64. The van der Waals surface area contributed by atoms with Crippen LogP contribution < -0.4 is 14.8 Å². The lowest BCUT2D eigenvalue weighted by atomic mass is 10.1. The van der Waals surface area contributed by atoms with Crippen LogP contribution in [0, 0.1) is 0 Å². The molecule has 2 aromatic rings. The van der Waals surface area contributed by atoms with Gasteiger partial charge in [0.25, 0.3) is 5.91 Å². The third kappa shape index (κ3) is 2.99. The maximum atomic E-state index is 12.1. The fraction of sp³-hybridized carbons (Fsp3) is 0.235. The highest BCUT2D eigenvalue weighted by molar-refractivity contribution is 5.94. The Labute approximate surface area is 123 Å². The summed E-state index contributed by atoms with van der Waals surface area (Å²) in [5.74, 6) is 1.36. The molecule has 1 aliphatic heterocycles. The smallest absolute Gasteiger partial charge is 0.251 e. The highest BCUT2D eigenvalue weighted by Gasteiger charge is 2.27. The lowest BCUT2D eigenvalue weighted by molar-refractivity contribution is 0.0606. The van der Waals surface area contributed by atoms with E-state index >= 15 is 0 Å². The largest absolute Gasteiger partial charge is 0.486 e. The molecule has 2 atom stereocenters. The van der Waals surface area contributed by atoms with Crippen LogP contribution in [0.15, 0.2) is 54.6 Å². The van der Waals surface area contributed by atoms with Crippen molar-refractivity contribution in [3.8, 4) is 11.5 Å². The lowest BCUT2D eigenvalue weighted by Gasteiger charge is -2.30. The molecule has 4 nitrogen and oxygen atoms in total. The zero-order valence-corrected chi connectivity index (χ0v) is 11.8. The van der Waals surface area contributed by atoms with Gasteiger partial charge in [-0.3, -0.25) is 4.79 Å². The minimum atomic E-state index is -0.201. The molecule has 3 rings (SSSR count). The molecule has 2 aromatic carbocycles. The van der Waals surface area contributed by atoms with Gasteiger partial charge in [0.15, 0.2) is 17.6 Å². The molecule has 0 radical (unpaired) electrons. The van der Waals surface area contributed by atoms with E-state index in [0.717, 1.165) is 11.5 Å². The fourth-order valence-electron chi connectivity index (χ4n) is 2.25. The summed E-state index contributed by atoms with van der Waals surface area (Å²) in [5.41, 5.74) is 0.640. The van der Waals surface area contributed by atoms with Gasteiger partial charge in [0, 0.05) is 5.56 Å². The number of benzene rings is 2. The van der Waals surface area contributed by atoms with Crippen LogP contribution in [-0.2, 0) is 0 Å². The van der Waals surface area contributed by atoms with Crippen molar-refractivity contribution in [1.29, 1.82) is 0 Å². The molecule has 21 heavy (non-hydrogen) atoms. The zero-order chi connectivity index (χ0) is 14.7. The van der Waals surface area contributed by atoms with Crippen LogP contribution >= 0.6 is 0 Å². The summed E-state index contributed by atoms with van der Waals surface area (Å²) in [6.07, 6.45) is -0.201. The van der Waals surface area contributed by atoms with E-state index in [-0.39, 0.29) is 18.1 Å². The number of para-hydroxylation sites is 2. The number of hydrogen-bond acceptors (Lipinski definition) is 3. The highest BCUT2D eigenvalue weighted by atomic mass is 16.6. The third-order valence-corrected chi connectivity index (χ3v) is 3.48. The molecule has 0 saturated heterocycles. The van der Waals surface area contributed by atoms with Crippen molar-refractivity contribution in [3.63, 3.8) is 0 Å². The van der Waals surface area contributed by atoms with Crippen LogP contribution in [0.5, 0.6) is 11.5 Å². The van der Waals surface area contributed by atoms with E-state index in [9.17, 15) is 4.79 Å². The monoisotopic (exact) mass is 283 g/mol. The number of amides is 1. The minimum Gasteiger partial charge on any atom is -0.486 e. The van der Waals surface area contributed by atoms with Gasteiger partial charge in [-0.2, -0.15) is 0 Å². The van der Waals surface area contributed by atoms with E-state index in [1.165, 1.54) is 0 Å². The molecule has 0 aliphatic carbocycles. The predicted molar refractivity (Wildman–Crippen MR) is 79.7 cm³/mol. The quantitative estimate of drug-likeness (QED) is 0.942. The van der Waals surface area contributed by atoms with Crippen molar-refractivity contribution in [2.75, 3.05) is 6.61 Å². The summed E-state index contributed by atoms with van der Waals surface area (Å²) < 4.78 is 11.6. The summed E-state index contributed by atoms with van der Waals surface area (Å²) in [5, 5.41) is 2.95. The van der Waals surface area contributed by atoms with E-state index in [4.69, 9.17) is 9.47 Å². The van der Waals surface area contributed by atoms with Gasteiger partial charge in [-0.25, -0.2) is 0 Å². The van der Waals surface area contributed by atoms with Gasteiger partial charge in [0.1, 0.15) is 6.61 Å². The summed E-state index contributed by atoms with van der Waals surface area (Å²) in [6.45, 7) is 2.34. The minimum absolute atomic E-state index is 0.106. The Kier molecular flexibility index (Phi) is 3.77. The zero-order valence-electron chi connectivity index (χ0n) is 11.8. The molecule has 0 unspecified atom stereocenters. The SMILES string of the molecule is C[C@H](NC(=O)c1ccccc1)[C@H]1COc2ccccc2O1. The summed E-state index contributed by atoms with van der Waals surface area (Å²) >= 11 is 0. The summed E-state index contributed by atoms with van der Waals surface area (Å²) in [6, 6.07) is 16.5. The number of carbonyl (C=O) groups excluding carboxylic acids is 1. The standard InChI is InChI=1S/C17H17NO3/c1-12(18-17(19)13-7-3-2-4-8-13)16-11-20-14-9-5-6-10-15(14)21-16/h2-10,12,16H,11H2,1H3,(H,18,19)/t12-,16+/m0/s1. The molecule has 0 saturated carbocycles. The first-order valence-electron chi connectivity index (χ1n) is 6.98. The van der Waals surface area contributed by atoms with Crippen LogP contribution in [0.2, 0.25) is 0 Å². The van der Waals surface area contributed by atoms with Crippen LogP contribution in [0.3, 0.4) is 0 Å². The van der Waals surface area contributed by atoms with Gasteiger partial charge in [-0.05, 0) is 31.2 Å². The number of hydrogen-bond donors (Lipinski definition) is 1. The topological polar surface area (TPSA) is 47.6 Å². The molecule has 1 heterocycles. The van der Waals surface area contributed by atoms with Crippen molar-refractivity contribution in [2.24, 2.45) is 0 Å². The van der Waals surface area contributed by atoms with Gasteiger partial charge in [-0.15, -0.1) is 0 Å². The maximum absolute atomic E-state index is 12.1. The first-order valence-corrected chi connectivity index (χ1v) is 6.98. The number of ether oxygens (including phenoxy) is 2.